The van der Waals surface area contributed by atoms with E-state index in [1.165, 1.54) is 0 Å². The molecule has 0 amide bonds. The number of ether oxygens (including phenoxy) is 1. The molecule has 1 fully saturated rings. The second kappa shape index (κ2) is 4.67. The van der Waals surface area contributed by atoms with Gasteiger partial charge in [0.2, 0.25) is 0 Å². The molecule has 0 bridgehead atoms. The van der Waals surface area contributed by atoms with Gasteiger partial charge in [-0.15, -0.1) is 0 Å². The first kappa shape index (κ1) is 11.2. The number of hydrogen-bond donors (Lipinski definition) is 0. The van der Waals surface area contributed by atoms with E-state index < -0.39 is 0 Å². The molecular weight excluding hydrogens is 198 g/mol. The lowest BCUT2D eigenvalue weighted by Crippen LogP contribution is -2.12. The van der Waals surface area contributed by atoms with Gasteiger partial charge in [-0.2, -0.15) is 5.26 Å². The Morgan fingerprint density at radius 3 is 2.81 bits per heavy atom. The van der Waals surface area contributed by atoms with E-state index in [0.29, 0.717) is 0 Å². The monoisotopic (exact) mass is 215 g/mol. The highest BCUT2D eigenvalue weighted by atomic mass is 16.5. The van der Waals surface area contributed by atoms with Gasteiger partial charge in [-0.05, 0) is 12.0 Å². The summed E-state index contributed by atoms with van der Waals surface area (Å²) < 4.78 is 5.73. The minimum Gasteiger partial charge on any atom is -0.376 e. The molecule has 1 aliphatic carbocycles. The molecule has 0 unspecified atom stereocenters. The quantitative estimate of drug-likeness (QED) is 0.707. The lowest BCUT2D eigenvalue weighted by molar-refractivity contribution is 0.107. The lowest BCUT2D eigenvalue weighted by atomic mass is 9.97. The summed E-state index contributed by atoms with van der Waals surface area (Å²) in [5, 5.41) is 9.31. The van der Waals surface area contributed by atoms with Gasteiger partial charge in [0.1, 0.15) is 5.41 Å². The van der Waals surface area contributed by atoms with Crippen molar-refractivity contribution in [3.8, 4) is 6.07 Å². The molecule has 0 aliphatic heterocycles. The molecule has 0 aromatic heterocycles. The molecule has 1 saturated carbocycles. The molecule has 84 valence electrons. The second-order valence-corrected chi connectivity index (χ2v) is 4.37. The fourth-order valence-corrected chi connectivity index (χ4v) is 2.03. The first-order chi connectivity index (χ1) is 7.83. The Balaban J connectivity index is 2.01. The van der Waals surface area contributed by atoms with Crippen LogP contribution in [0.1, 0.15) is 31.7 Å². The Kier molecular flexibility index (Phi) is 3.26. The maximum atomic E-state index is 9.31. The van der Waals surface area contributed by atoms with Gasteiger partial charge in [-0.3, -0.25) is 0 Å². The Morgan fingerprint density at radius 2 is 2.19 bits per heavy atom. The zero-order chi connectivity index (χ0) is 11.4. The highest BCUT2D eigenvalue weighted by Crippen LogP contribution is 2.49. The van der Waals surface area contributed by atoms with E-state index >= 15 is 0 Å². The van der Waals surface area contributed by atoms with E-state index in [0.717, 1.165) is 31.4 Å². The van der Waals surface area contributed by atoms with E-state index in [9.17, 15) is 5.26 Å². The molecule has 2 heteroatoms. The average molecular weight is 215 g/mol. The molecule has 0 N–H and O–H groups in total. The predicted octanol–water partition coefficient (Wildman–Crippen LogP) is 3.04. The number of benzene rings is 1. The minimum absolute atomic E-state index is 0.103. The van der Waals surface area contributed by atoms with Crippen LogP contribution in [0, 0.1) is 11.3 Å². The molecule has 0 saturated heterocycles. The molecule has 2 atom stereocenters. The van der Waals surface area contributed by atoms with E-state index in [-0.39, 0.29) is 11.5 Å². The van der Waals surface area contributed by atoms with Crippen molar-refractivity contribution in [3.05, 3.63) is 35.9 Å². The Bertz CT molecular complexity index is 381. The standard InChI is InChI=1S/C14H17NO/c1-2-3-9-16-13-10-14(13,11-15)12-7-5-4-6-8-12/h4-8,13H,2-3,9-10H2,1H3/t13-,14-/m1/s1. The van der Waals surface area contributed by atoms with Crippen LogP contribution in [-0.2, 0) is 10.2 Å². The third kappa shape index (κ3) is 1.96. The summed E-state index contributed by atoms with van der Waals surface area (Å²) in [6, 6.07) is 12.4. The third-order valence-corrected chi connectivity index (χ3v) is 3.20. The van der Waals surface area contributed by atoms with E-state index in [4.69, 9.17) is 4.74 Å². The van der Waals surface area contributed by atoms with E-state index in [1.54, 1.807) is 0 Å². The number of unbranched alkanes of at least 4 members (excludes halogenated alkanes) is 1. The maximum Gasteiger partial charge on any atom is 0.111 e. The largest absolute Gasteiger partial charge is 0.376 e. The van der Waals surface area contributed by atoms with Gasteiger partial charge in [-0.25, -0.2) is 0 Å². The summed E-state index contributed by atoms with van der Waals surface area (Å²) in [5.74, 6) is 0. The Hall–Kier alpha value is -1.33. The van der Waals surface area contributed by atoms with Crippen LogP contribution in [-0.4, -0.2) is 12.7 Å². The molecule has 0 heterocycles. The Morgan fingerprint density at radius 1 is 1.44 bits per heavy atom. The Labute approximate surface area is 96.9 Å². The van der Waals surface area contributed by atoms with E-state index in [1.807, 2.05) is 30.3 Å². The molecule has 2 rings (SSSR count). The normalized spacial score (nSPS) is 27.4. The van der Waals surface area contributed by atoms with Crippen molar-refractivity contribution in [2.24, 2.45) is 0 Å². The molecule has 2 nitrogen and oxygen atoms in total. The fraction of sp³-hybridized carbons (Fsp3) is 0.500. The minimum atomic E-state index is -0.366. The van der Waals surface area contributed by atoms with Gasteiger partial charge in [0.25, 0.3) is 0 Å². The van der Waals surface area contributed by atoms with Crippen molar-refractivity contribution < 1.29 is 4.74 Å². The molecule has 1 aliphatic rings. The van der Waals surface area contributed by atoms with Crippen LogP contribution in [0.3, 0.4) is 0 Å². The van der Waals surface area contributed by atoms with Gasteiger partial charge < -0.3 is 4.74 Å². The summed E-state index contributed by atoms with van der Waals surface area (Å²) in [6.07, 6.45) is 3.16. The molecule has 16 heavy (non-hydrogen) atoms. The summed E-state index contributed by atoms with van der Waals surface area (Å²) in [7, 11) is 0. The molecule has 1 aromatic carbocycles. The topological polar surface area (TPSA) is 33.0 Å². The summed E-state index contributed by atoms with van der Waals surface area (Å²) in [5.41, 5.74) is 0.730. The van der Waals surface area contributed by atoms with Crippen LogP contribution >= 0.6 is 0 Å². The zero-order valence-electron chi connectivity index (χ0n) is 9.65. The van der Waals surface area contributed by atoms with Gasteiger partial charge >= 0.3 is 0 Å². The van der Waals surface area contributed by atoms with Crippen molar-refractivity contribution in [2.75, 3.05) is 6.61 Å². The van der Waals surface area contributed by atoms with Crippen molar-refractivity contribution >= 4 is 0 Å². The van der Waals surface area contributed by atoms with Crippen LogP contribution in [0.2, 0.25) is 0 Å². The van der Waals surface area contributed by atoms with E-state index in [2.05, 4.69) is 13.0 Å². The van der Waals surface area contributed by atoms with Crippen molar-refractivity contribution in [3.63, 3.8) is 0 Å². The van der Waals surface area contributed by atoms with Gasteiger partial charge in [0.15, 0.2) is 0 Å². The predicted molar refractivity (Wildman–Crippen MR) is 63.0 cm³/mol. The smallest absolute Gasteiger partial charge is 0.111 e. The van der Waals surface area contributed by atoms with Crippen LogP contribution in [0.4, 0.5) is 0 Å². The van der Waals surface area contributed by atoms with Gasteiger partial charge in [-0.1, -0.05) is 43.7 Å². The van der Waals surface area contributed by atoms with Crippen LogP contribution in [0.25, 0.3) is 0 Å². The van der Waals surface area contributed by atoms with Crippen LogP contribution in [0.15, 0.2) is 30.3 Å². The summed E-state index contributed by atoms with van der Waals surface area (Å²) in [4.78, 5) is 0. The maximum absolute atomic E-state index is 9.31. The highest BCUT2D eigenvalue weighted by molar-refractivity contribution is 5.42. The highest BCUT2D eigenvalue weighted by Gasteiger charge is 2.57. The molecular formula is C14H17NO. The summed E-state index contributed by atoms with van der Waals surface area (Å²) >= 11 is 0. The van der Waals surface area contributed by atoms with Crippen molar-refractivity contribution in [1.82, 2.24) is 0 Å². The third-order valence-electron chi connectivity index (χ3n) is 3.20. The van der Waals surface area contributed by atoms with Gasteiger partial charge in [0, 0.05) is 13.0 Å². The average Bonchev–Trinajstić information content (AvgIpc) is 3.06. The first-order valence-corrected chi connectivity index (χ1v) is 5.92. The van der Waals surface area contributed by atoms with Crippen LogP contribution in [0.5, 0.6) is 0 Å². The van der Waals surface area contributed by atoms with Crippen molar-refractivity contribution in [2.45, 2.75) is 37.7 Å². The SMILES string of the molecule is CCCCO[C@@H]1C[C@@]1(C#N)c1ccccc1. The number of nitriles is 1. The number of hydrogen-bond acceptors (Lipinski definition) is 2. The fourth-order valence-electron chi connectivity index (χ4n) is 2.03. The lowest BCUT2D eigenvalue weighted by Gasteiger charge is -2.09. The molecule has 0 spiro atoms. The van der Waals surface area contributed by atoms with Gasteiger partial charge in [0.05, 0.1) is 12.2 Å². The number of nitrogens with zero attached hydrogens (tertiary/aromatic N) is 1. The molecule has 1 aromatic rings. The number of rotatable bonds is 5. The van der Waals surface area contributed by atoms with Crippen molar-refractivity contribution in [1.29, 1.82) is 5.26 Å². The van der Waals surface area contributed by atoms with Crippen LogP contribution < -0.4 is 0 Å². The summed E-state index contributed by atoms with van der Waals surface area (Å²) in [6.45, 7) is 2.92. The molecule has 0 radical (unpaired) electrons. The first-order valence-electron chi connectivity index (χ1n) is 5.92. The second-order valence-electron chi connectivity index (χ2n) is 4.37. The zero-order valence-corrected chi connectivity index (χ0v) is 9.65.